The highest BCUT2D eigenvalue weighted by Gasteiger charge is 2.31. The zero-order valence-corrected chi connectivity index (χ0v) is 10.1. The van der Waals surface area contributed by atoms with Crippen LogP contribution in [-0.4, -0.2) is 16.6 Å². The summed E-state index contributed by atoms with van der Waals surface area (Å²) in [6, 6.07) is 13.2. The van der Waals surface area contributed by atoms with Crippen LogP contribution in [-0.2, 0) is 0 Å². The summed E-state index contributed by atoms with van der Waals surface area (Å²) in [6.45, 7) is 0. The predicted octanol–water partition coefficient (Wildman–Crippen LogP) is 4.13. The minimum absolute atomic E-state index is 0.262. The van der Waals surface area contributed by atoms with Gasteiger partial charge in [-0.15, -0.1) is 13.2 Å². The maximum atomic E-state index is 12.2. The first kappa shape index (κ1) is 12.5. The standard InChI is InChI=1S/C14H9F3N2O/c15-14(16,17)20-10-5-3-4-9(8-10)13-11-6-1-2-7-12(11)18-19-13/h1-8H,(H,18,19). The quantitative estimate of drug-likeness (QED) is 0.765. The molecule has 3 rings (SSSR count). The smallest absolute Gasteiger partial charge is 0.406 e. The first-order chi connectivity index (χ1) is 9.53. The van der Waals surface area contributed by atoms with Crippen LogP contribution in [0, 0.1) is 0 Å². The molecule has 0 bridgehead atoms. The summed E-state index contributed by atoms with van der Waals surface area (Å²) in [5.41, 5.74) is 1.97. The Kier molecular flexibility index (Phi) is 2.85. The van der Waals surface area contributed by atoms with Crippen molar-refractivity contribution < 1.29 is 17.9 Å². The van der Waals surface area contributed by atoms with Crippen molar-refractivity contribution in [3.8, 4) is 17.0 Å². The number of benzene rings is 2. The third-order valence-corrected chi connectivity index (χ3v) is 2.81. The number of alkyl halides is 3. The van der Waals surface area contributed by atoms with E-state index in [1.54, 1.807) is 6.07 Å². The van der Waals surface area contributed by atoms with Crippen LogP contribution in [0.2, 0.25) is 0 Å². The summed E-state index contributed by atoms with van der Waals surface area (Å²) in [7, 11) is 0. The number of ether oxygens (including phenoxy) is 1. The van der Waals surface area contributed by atoms with Crippen molar-refractivity contribution in [3.63, 3.8) is 0 Å². The lowest BCUT2D eigenvalue weighted by Gasteiger charge is -2.09. The number of aromatic amines is 1. The number of rotatable bonds is 2. The van der Waals surface area contributed by atoms with Gasteiger partial charge in [0, 0.05) is 10.9 Å². The maximum absolute atomic E-state index is 12.2. The molecule has 2 aromatic carbocycles. The Bertz CT molecular complexity index is 749. The number of fused-ring (bicyclic) bond motifs is 1. The van der Waals surface area contributed by atoms with Crippen molar-refractivity contribution in [2.24, 2.45) is 0 Å². The Morgan fingerprint density at radius 1 is 1.00 bits per heavy atom. The van der Waals surface area contributed by atoms with E-state index >= 15 is 0 Å². The molecule has 0 spiro atoms. The Morgan fingerprint density at radius 3 is 2.60 bits per heavy atom. The minimum atomic E-state index is -4.70. The van der Waals surface area contributed by atoms with E-state index in [-0.39, 0.29) is 5.75 Å². The molecule has 0 aliphatic heterocycles. The molecule has 1 aromatic heterocycles. The van der Waals surface area contributed by atoms with Gasteiger partial charge in [0.25, 0.3) is 0 Å². The number of aromatic nitrogens is 2. The van der Waals surface area contributed by atoms with Crippen molar-refractivity contribution in [1.82, 2.24) is 10.2 Å². The Labute approximate surface area is 112 Å². The largest absolute Gasteiger partial charge is 0.573 e. The monoisotopic (exact) mass is 278 g/mol. The first-order valence-electron chi connectivity index (χ1n) is 5.82. The number of hydrogen-bond donors (Lipinski definition) is 1. The highest BCUT2D eigenvalue weighted by atomic mass is 19.4. The molecule has 0 saturated heterocycles. The topological polar surface area (TPSA) is 37.9 Å². The van der Waals surface area contributed by atoms with Gasteiger partial charge in [-0.25, -0.2) is 0 Å². The molecular formula is C14H9F3N2O. The molecule has 0 unspecified atom stereocenters. The lowest BCUT2D eigenvalue weighted by atomic mass is 10.1. The number of halogens is 3. The second-order valence-corrected chi connectivity index (χ2v) is 4.19. The van der Waals surface area contributed by atoms with Gasteiger partial charge in [0.15, 0.2) is 0 Å². The molecule has 0 aliphatic carbocycles. The zero-order chi connectivity index (χ0) is 14.2. The molecule has 1 heterocycles. The first-order valence-corrected chi connectivity index (χ1v) is 5.82. The van der Waals surface area contributed by atoms with E-state index in [0.29, 0.717) is 11.3 Å². The second-order valence-electron chi connectivity index (χ2n) is 4.19. The van der Waals surface area contributed by atoms with Crippen LogP contribution < -0.4 is 4.74 Å². The summed E-state index contributed by atoms with van der Waals surface area (Å²) in [5.74, 6) is -0.262. The Balaban J connectivity index is 2.04. The summed E-state index contributed by atoms with van der Waals surface area (Å²) in [5, 5.41) is 7.83. The molecule has 0 radical (unpaired) electrons. The highest BCUT2D eigenvalue weighted by molar-refractivity contribution is 5.92. The molecule has 1 N–H and O–H groups in total. The van der Waals surface area contributed by atoms with E-state index in [4.69, 9.17) is 0 Å². The average Bonchev–Trinajstić information content (AvgIpc) is 2.81. The molecule has 6 heteroatoms. The van der Waals surface area contributed by atoms with Gasteiger partial charge in [-0.05, 0) is 18.2 Å². The van der Waals surface area contributed by atoms with Crippen molar-refractivity contribution in [2.45, 2.75) is 6.36 Å². The molecule has 0 amide bonds. The van der Waals surface area contributed by atoms with Crippen molar-refractivity contribution in [1.29, 1.82) is 0 Å². The SMILES string of the molecule is FC(F)(F)Oc1cccc(-c2n[nH]c3ccccc23)c1. The fraction of sp³-hybridized carbons (Fsp3) is 0.0714. The van der Waals surface area contributed by atoms with Gasteiger partial charge < -0.3 is 4.74 Å². The van der Waals surface area contributed by atoms with Crippen molar-refractivity contribution >= 4 is 10.9 Å². The van der Waals surface area contributed by atoms with Crippen LogP contribution >= 0.6 is 0 Å². The fourth-order valence-corrected chi connectivity index (χ4v) is 2.02. The normalized spacial score (nSPS) is 11.8. The number of nitrogens with one attached hydrogen (secondary N) is 1. The molecule has 102 valence electrons. The Hall–Kier alpha value is -2.50. The third kappa shape index (κ3) is 2.45. The van der Waals surface area contributed by atoms with Crippen molar-refractivity contribution in [2.75, 3.05) is 0 Å². The van der Waals surface area contributed by atoms with Gasteiger partial charge in [0.2, 0.25) is 0 Å². The summed E-state index contributed by atoms with van der Waals surface area (Å²) >= 11 is 0. The number of para-hydroxylation sites is 1. The molecule has 0 saturated carbocycles. The summed E-state index contributed by atoms with van der Waals surface area (Å²) in [4.78, 5) is 0. The van der Waals surface area contributed by atoms with E-state index in [1.807, 2.05) is 24.3 Å². The molecular weight excluding hydrogens is 269 g/mol. The minimum Gasteiger partial charge on any atom is -0.406 e. The van der Waals surface area contributed by atoms with E-state index in [1.165, 1.54) is 18.2 Å². The van der Waals surface area contributed by atoms with Crippen LogP contribution in [0.15, 0.2) is 48.5 Å². The van der Waals surface area contributed by atoms with Gasteiger partial charge in [0.1, 0.15) is 11.4 Å². The van der Waals surface area contributed by atoms with Crippen LogP contribution in [0.5, 0.6) is 5.75 Å². The van der Waals surface area contributed by atoms with Gasteiger partial charge >= 0.3 is 6.36 Å². The van der Waals surface area contributed by atoms with Gasteiger partial charge in [-0.1, -0.05) is 30.3 Å². The van der Waals surface area contributed by atoms with Gasteiger partial charge in [-0.2, -0.15) is 5.10 Å². The molecule has 0 fully saturated rings. The predicted molar refractivity (Wildman–Crippen MR) is 68.2 cm³/mol. The van der Waals surface area contributed by atoms with Crippen LogP contribution in [0.1, 0.15) is 0 Å². The molecule has 3 nitrogen and oxygen atoms in total. The third-order valence-electron chi connectivity index (χ3n) is 2.81. The fourth-order valence-electron chi connectivity index (χ4n) is 2.02. The summed E-state index contributed by atoms with van der Waals surface area (Å²) in [6.07, 6.45) is -4.70. The van der Waals surface area contributed by atoms with Gasteiger partial charge in [-0.3, -0.25) is 5.10 Å². The number of hydrogen-bond acceptors (Lipinski definition) is 2. The maximum Gasteiger partial charge on any atom is 0.573 e. The lowest BCUT2D eigenvalue weighted by molar-refractivity contribution is -0.274. The number of H-pyrrole nitrogens is 1. The highest BCUT2D eigenvalue weighted by Crippen LogP contribution is 2.30. The van der Waals surface area contributed by atoms with Crippen LogP contribution in [0.3, 0.4) is 0 Å². The molecule has 20 heavy (non-hydrogen) atoms. The second kappa shape index (κ2) is 4.56. The van der Waals surface area contributed by atoms with E-state index < -0.39 is 6.36 Å². The van der Waals surface area contributed by atoms with E-state index in [0.717, 1.165) is 10.9 Å². The number of nitrogens with zero attached hydrogens (tertiary/aromatic N) is 1. The average molecular weight is 278 g/mol. The van der Waals surface area contributed by atoms with E-state index in [9.17, 15) is 13.2 Å². The molecule has 3 aromatic rings. The summed E-state index contributed by atoms with van der Waals surface area (Å²) < 4.78 is 40.6. The zero-order valence-electron chi connectivity index (χ0n) is 10.1. The van der Waals surface area contributed by atoms with E-state index in [2.05, 4.69) is 14.9 Å². The van der Waals surface area contributed by atoms with Crippen LogP contribution in [0.4, 0.5) is 13.2 Å². The molecule has 0 atom stereocenters. The Morgan fingerprint density at radius 2 is 1.80 bits per heavy atom. The van der Waals surface area contributed by atoms with Crippen LogP contribution in [0.25, 0.3) is 22.2 Å². The van der Waals surface area contributed by atoms with Gasteiger partial charge in [0.05, 0.1) is 5.52 Å². The van der Waals surface area contributed by atoms with Crippen molar-refractivity contribution in [3.05, 3.63) is 48.5 Å². The molecule has 0 aliphatic rings. The lowest BCUT2D eigenvalue weighted by Crippen LogP contribution is -2.17.